The normalized spacial score (nSPS) is 11.8. The van der Waals surface area contributed by atoms with E-state index in [0.29, 0.717) is 0 Å². The Balaban J connectivity index is 3.27. The summed E-state index contributed by atoms with van der Waals surface area (Å²) in [5, 5.41) is 4.86. The molecule has 15 heavy (non-hydrogen) atoms. The van der Waals surface area contributed by atoms with Gasteiger partial charge in [-0.2, -0.15) is 8.78 Å². The smallest absolute Gasteiger partial charge is 0.387 e. The van der Waals surface area contributed by atoms with Gasteiger partial charge >= 0.3 is 6.61 Å². The molecule has 0 unspecified atom stereocenters. The quantitative estimate of drug-likeness (QED) is 0.894. The van der Waals surface area contributed by atoms with Crippen LogP contribution in [0.25, 0.3) is 0 Å². The predicted octanol–water partition coefficient (Wildman–Crippen LogP) is 1.59. The van der Waals surface area contributed by atoms with Gasteiger partial charge in [0.2, 0.25) is 10.0 Å². The summed E-state index contributed by atoms with van der Waals surface area (Å²) in [5.74, 6) is -0.569. The SMILES string of the molecule is NS(=O)(=O)c1ccc(Cl)cc1OC(F)F. The zero-order valence-electron chi connectivity index (χ0n) is 7.15. The zero-order valence-corrected chi connectivity index (χ0v) is 8.73. The summed E-state index contributed by atoms with van der Waals surface area (Å²) in [6.07, 6.45) is 0. The van der Waals surface area contributed by atoms with E-state index in [1.54, 1.807) is 0 Å². The average Bonchev–Trinajstić information content (AvgIpc) is 1.99. The molecule has 0 radical (unpaired) electrons. The van der Waals surface area contributed by atoms with Gasteiger partial charge in [-0.1, -0.05) is 11.6 Å². The van der Waals surface area contributed by atoms with Crippen LogP contribution in [-0.2, 0) is 10.0 Å². The monoisotopic (exact) mass is 257 g/mol. The van der Waals surface area contributed by atoms with E-state index >= 15 is 0 Å². The predicted molar refractivity (Wildman–Crippen MR) is 49.5 cm³/mol. The van der Waals surface area contributed by atoms with E-state index in [9.17, 15) is 17.2 Å². The van der Waals surface area contributed by atoms with Crippen LogP contribution in [0.1, 0.15) is 0 Å². The van der Waals surface area contributed by atoms with E-state index in [4.69, 9.17) is 16.7 Å². The minimum absolute atomic E-state index is 0.0676. The third kappa shape index (κ3) is 3.29. The van der Waals surface area contributed by atoms with Crippen LogP contribution >= 0.6 is 11.6 Å². The second-order valence-electron chi connectivity index (χ2n) is 2.51. The molecule has 1 aromatic rings. The van der Waals surface area contributed by atoms with Crippen LogP contribution in [-0.4, -0.2) is 15.0 Å². The van der Waals surface area contributed by atoms with Crippen LogP contribution in [0, 0.1) is 0 Å². The summed E-state index contributed by atoms with van der Waals surface area (Å²) < 4.78 is 49.7. The molecule has 8 heteroatoms. The summed E-state index contributed by atoms with van der Waals surface area (Å²) in [7, 11) is -4.11. The van der Waals surface area contributed by atoms with Crippen molar-refractivity contribution >= 4 is 21.6 Å². The van der Waals surface area contributed by atoms with Gasteiger partial charge in [-0.05, 0) is 12.1 Å². The molecule has 0 aliphatic carbocycles. The molecule has 0 atom stereocenters. The minimum atomic E-state index is -4.11. The first-order chi connectivity index (χ1) is 6.80. The van der Waals surface area contributed by atoms with Gasteiger partial charge < -0.3 is 4.74 Å². The maximum absolute atomic E-state index is 11.9. The Morgan fingerprint density at radius 3 is 2.47 bits per heavy atom. The van der Waals surface area contributed by atoms with Crippen molar-refractivity contribution in [3.8, 4) is 5.75 Å². The van der Waals surface area contributed by atoms with Crippen LogP contribution < -0.4 is 9.88 Å². The van der Waals surface area contributed by atoms with E-state index in [1.807, 2.05) is 0 Å². The summed E-state index contributed by atoms with van der Waals surface area (Å²) in [4.78, 5) is -0.535. The minimum Gasteiger partial charge on any atom is -0.433 e. The zero-order chi connectivity index (χ0) is 11.6. The maximum Gasteiger partial charge on any atom is 0.387 e. The first kappa shape index (κ1) is 12.2. The lowest BCUT2D eigenvalue weighted by Gasteiger charge is -2.08. The molecular formula is C7H6ClF2NO3S. The van der Waals surface area contributed by atoms with Crippen LogP contribution in [0.4, 0.5) is 8.78 Å². The number of hydrogen-bond acceptors (Lipinski definition) is 3. The molecule has 0 aromatic heterocycles. The molecule has 84 valence electrons. The first-order valence-electron chi connectivity index (χ1n) is 3.58. The maximum atomic E-state index is 11.9. The number of nitrogens with two attached hydrogens (primary N) is 1. The Labute approximate surface area is 89.6 Å². The van der Waals surface area contributed by atoms with Gasteiger partial charge in [0.25, 0.3) is 0 Å². The van der Waals surface area contributed by atoms with Crippen molar-refractivity contribution in [2.24, 2.45) is 5.14 Å². The largest absolute Gasteiger partial charge is 0.433 e. The van der Waals surface area contributed by atoms with E-state index in [-0.39, 0.29) is 5.02 Å². The van der Waals surface area contributed by atoms with Gasteiger partial charge in [0, 0.05) is 11.1 Å². The molecule has 2 N–H and O–H groups in total. The molecule has 0 aliphatic heterocycles. The van der Waals surface area contributed by atoms with Crippen molar-refractivity contribution in [3.05, 3.63) is 23.2 Å². The van der Waals surface area contributed by atoms with Gasteiger partial charge in [-0.15, -0.1) is 0 Å². The van der Waals surface area contributed by atoms with Crippen LogP contribution in [0.5, 0.6) is 5.75 Å². The van der Waals surface area contributed by atoms with Gasteiger partial charge in [0.15, 0.2) is 0 Å². The summed E-state index contributed by atoms with van der Waals surface area (Å²) in [6, 6.07) is 3.16. The second-order valence-corrected chi connectivity index (χ2v) is 4.48. The number of primary sulfonamides is 1. The topological polar surface area (TPSA) is 69.4 Å². The van der Waals surface area contributed by atoms with E-state index in [1.165, 1.54) is 6.07 Å². The number of sulfonamides is 1. The molecule has 0 fully saturated rings. The fraction of sp³-hybridized carbons (Fsp3) is 0.143. The van der Waals surface area contributed by atoms with Gasteiger partial charge in [-0.25, -0.2) is 13.6 Å². The van der Waals surface area contributed by atoms with Gasteiger partial charge in [0.05, 0.1) is 0 Å². The summed E-state index contributed by atoms with van der Waals surface area (Å²) in [5.41, 5.74) is 0. The Kier molecular flexibility index (Phi) is 3.48. The van der Waals surface area contributed by atoms with Crippen molar-refractivity contribution in [1.82, 2.24) is 0 Å². The van der Waals surface area contributed by atoms with Crippen LogP contribution in [0.15, 0.2) is 23.1 Å². The molecule has 4 nitrogen and oxygen atoms in total. The van der Waals surface area contributed by atoms with Crippen molar-refractivity contribution in [2.75, 3.05) is 0 Å². The average molecular weight is 258 g/mol. The number of ether oxygens (including phenoxy) is 1. The molecule has 1 aromatic carbocycles. The van der Waals surface area contributed by atoms with Crippen molar-refractivity contribution in [3.63, 3.8) is 0 Å². The Morgan fingerprint density at radius 1 is 1.40 bits per heavy atom. The highest BCUT2D eigenvalue weighted by Gasteiger charge is 2.18. The van der Waals surface area contributed by atoms with Gasteiger partial charge in [-0.3, -0.25) is 0 Å². The number of hydrogen-bond donors (Lipinski definition) is 1. The highest BCUT2D eigenvalue weighted by molar-refractivity contribution is 7.89. The Morgan fingerprint density at radius 2 is 2.00 bits per heavy atom. The van der Waals surface area contributed by atoms with Crippen LogP contribution in [0.3, 0.4) is 0 Å². The third-order valence-corrected chi connectivity index (χ3v) is 2.61. The van der Waals surface area contributed by atoms with Gasteiger partial charge in [0.1, 0.15) is 10.6 Å². The summed E-state index contributed by atoms with van der Waals surface area (Å²) >= 11 is 5.49. The lowest BCUT2D eigenvalue weighted by atomic mass is 10.3. The third-order valence-electron chi connectivity index (χ3n) is 1.43. The highest BCUT2D eigenvalue weighted by Crippen LogP contribution is 2.27. The number of benzene rings is 1. The fourth-order valence-corrected chi connectivity index (χ4v) is 1.71. The Bertz CT molecular complexity index is 463. The molecule has 0 aliphatic rings. The second kappa shape index (κ2) is 4.30. The van der Waals surface area contributed by atoms with E-state index in [0.717, 1.165) is 12.1 Å². The van der Waals surface area contributed by atoms with E-state index in [2.05, 4.69) is 4.74 Å². The molecule has 0 saturated carbocycles. The fourth-order valence-electron chi connectivity index (χ4n) is 0.905. The molecule has 0 saturated heterocycles. The first-order valence-corrected chi connectivity index (χ1v) is 5.50. The number of alkyl halides is 2. The lowest BCUT2D eigenvalue weighted by molar-refractivity contribution is -0.0517. The molecule has 0 spiro atoms. The van der Waals surface area contributed by atoms with Crippen molar-refractivity contribution in [2.45, 2.75) is 11.5 Å². The highest BCUT2D eigenvalue weighted by atomic mass is 35.5. The van der Waals surface area contributed by atoms with Crippen molar-refractivity contribution < 1.29 is 21.9 Å². The standard InChI is InChI=1S/C7H6ClF2NO3S/c8-4-1-2-6(15(11,12)13)5(3-4)14-7(9)10/h1-3,7H,(H2,11,12,13). The molecule has 0 amide bonds. The van der Waals surface area contributed by atoms with E-state index < -0.39 is 27.3 Å². The molecule has 0 heterocycles. The summed E-state index contributed by atoms with van der Waals surface area (Å²) in [6.45, 7) is -3.15. The molecule has 0 bridgehead atoms. The number of rotatable bonds is 3. The molecular weight excluding hydrogens is 252 g/mol. The molecule has 1 rings (SSSR count). The van der Waals surface area contributed by atoms with Crippen LogP contribution in [0.2, 0.25) is 5.02 Å². The van der Waals surface area contributed by atoms with Crippen molar-refractivity contribution in [1.29, 1.82) is 0 Å². The number of halogens is 3. The lowest BCUT2D eigenvalue weighted by Crippen LogP contribution is -2.15. The Hall–Kier alpha value is -0.920.